The van der Waals surface area contributed by atoms with Gasteiger partial charge in [-0.2, -0.15) is 0 Å². The van der Waals surface area contributed by atoms with E-state index in [-0.39, 0.29) is 0 Å². The molecule has 8 rings (SSSR count). The van der Waals surface area contributed by atoms with Crippen molar-refractivity contribution in [2.24, 2.45) is 0 Å². The number of hydrogen-bond donors (Lipinski definition) is 0. The Labute approximate surface area is 227 Å². The SMILES string of the molecule is c1ccc(N(c2ccccc2)c2cc3ccc4c5ccc6ccccc6c5ccc4c3c3ccccc23)cc1. The summed E-state index contributed by atoms with van der Waals surface area (Å²) in [6, 6.07) is 55.0. The molecule has 8 aromatic rings. The van der Waals surface area contributed by atoms with Crippen LogP contribution >= 0.6 is 0 Å². The van der Waals surface area contributed by atoms with E-state index in [4.69, 9.17) is 0 Å². The van der Waals surface area contributed by atoms with E-state index in [1.807, 2.05) is 0 Å². The van der Waals surface area contributed by atoms with Gasteiger partial charge < -0.3 is 4.90 Å². The first-order chi connectivity index (χ1) is 19.4. The highest BCUT2D eigenvalue weighted by molar-refractivity contribution is 6.28. The first kappa shape index (κ1) is 21.9. The van der Waals surface area contributed by atoms with Crippen molar-refractivity contribution in [1.82, 2.24) is 0 Å². The number of para-hydroxylation sites is 2. The second kappa shape index (κ2) is 8.72. The maximum Gasteiger partial charge on any atom is 0.0546 e. The van der Waals surface area contributed by atoms with Gasteiger partial charge in [0.2, 0.25) is 0 Å². The van der Waals surface area contributed by atoms with Crippen molar-refractivity contribution < 1.29 is 0 Å². The van der Waals surface area contributed by atoms with E-state index in [1.54, 1.807) is 0 Å². The Hall–Kier alpha value is -5.14. The van der Waals surface area contributed by atoms with Crippen LogP contribution in [0, 0.1) is 0 Å². The maximum absolute atomic E-state index is 2.37. The zero-order chi connectivity index (χ0) is 25.8. The Kier molecular flexibility index (Phi) is 4.89. The van der Waals surface area contributed by atoms with Crippen molar-refractivity contribution in [2.45, 2.75) is 0 Å². The first-order valence-electron chi connectivity index (χ1n) is 13.5. The van der Waals surface area contributed by atoms with E-state index in [2.05, 4.69) is 157 Å². The maximum atomic E-state index is 2.37. The molecule has 0 bridgehead atoms. The lowest BCUT2D eigenvalue weighted by Gasteiger charge is -2.27. The minimum atomic E-state index is 1.15. The van der Waals surface area contributed by atoms with Crippen molar-refractivity contribution in [3.63, 3.8) is 0 Å². The molecule has 0 N–H and O–H groups in total. The molecule has 39 heavy (non-hydrogen) atoms. The highest BCUT2D eigenvalue weighted by Gasteiger charge is 2.18. The fraction of sp³-hybridized carbons (Fsp3) is 0. The summed E-state index contributed by atoms with van der Waals surface area (Å²) in [4.78, 5) is 2.37. The van der Waals surface area contributed by atoms with Gasteiger partial charge in [-0.3, -0.25) is 0 Å². The van der Waals surface area contributed by atoms with Gasteiger partial charge in [0.05, 0.1) is 5.69 Å². The van der Waals surface area contributed by atoms with Crippen LogP contribution in [-0.2, 0) is 0 Å². The topological polar surface area (TPSA) is 3.24 Å². The van der Waals surface area contributed by atoms with E-state index in [0.717, 1.165) is 11.4 Å². The summed E-state index contributed by atoms with van der Waals surface area (Å²) in [5.41, 5.74) is 3.47. The molecular weight excluding hydrogens is 470 g/mol. The smallest absolute Gasteiger partial charge is 0.0546 e. The van der Waals surface area contributed by atoms with Gasteiger partial charge in [-0.15, -0.1) is 0 Å². The predicted molar refractivity (Wildman–Crippen MR) is 169 cm³/mol. The summed E-state index contributed by atoms with van der Waals surface area (Å²) in [6.07, 6.45) is 0. The highest BCUT2D eigenvalue weighted by Crippen LogP contribution is 2.44. The van der Waals surface area contributed by atoms with Crippen LogP contribution < -0.4 is 4.90 Å². The minimum absolute atomic E-state index is 1.15. The van der Waals surface area contributed by atoms with Crippen LogP contribution in [-0.4, -0.2) is 0 Å². The third-order valence-corrected chi connectivity index (χ3v) is 7.99. The molecule has 0 saturated heterocycles. The molecule has 0 radical (unpaired) electrons. The predicted octanol–water partition coefficient (Wildman–Crippen LogP) is 10.9. The van der Waals surface area contributed by atoms with Gasteiger partial charge in [0.1, 0.15) is 0 Å². The monoisotopic (exact) mass is 495 g/mol. The Balaban J connectivity index is 1.47. The number of benzene rings is 8. The summed E-state index contributed by atoms with van der Waals surface area (Å²) in [5.74, 6) is 0. The van der Waals surface area contributed by atoms with Crippen molar-refractivity contribution >= 4 is 70.9 Å². The molecule has 1 nitrogen and oxygen atoms in total. The Bertz CT molecular complexity index is 2120. The molecule has 0 spiro atoms. The average molecular weight is 496 g/mol. The van der Waals surface area contributed by atoms with Crippen LogP contribution in [0.25, 0.3) is 53.9 Å². The Morgan fingerprint density at radius 3 is 1.49 bits per heavy atom. The van der Waals surface area contributed by atoms with Crippen LogP contribution in [0.15, 0.2) is 152 Å². The van der Waals surface area contributed by atoms with E-state index in [0.29, 0.717) is 0 Å². The van der Waals surface area contributed by atoms with Gasteiger partial charge >= 0.3 is 0 Å². The van der Waals surface area contributed by atoms with E-state index >= 15 is 0 Å². The van der Waals surface area contributed by atoms with Crippen molar-refractivity contribution in [3.05, 3.63) is 152 Å². The van der Waals surface area contributed by atoms with Crippen LogP contribution in [0.1, 0.15) is 0 Å². The lowest BCUT2D eigenvalue weighted by Crippen LogP contribution is -2.10. The molecule has 1 heteroatoms. The highest BCUT2D eigenvalue weighted by atomic mass is 15.1. The van der Waals surface area contributed by atoms with Gasteiger partial charge in [0, 0.05) is 16.8 Å². The standard InChI is InChI=1S/C38H25N/c1-3-12-28(13-4-1)39(29-14-5-2-6-15-29)37-25-27-20-22-33-32-21-19-26-11-7-8-16-30(26)31(32)23-24-36(33)38(27)35-18-10-9-17-34(35)37/h1-25H. The number of nitrogens with zero attached hydrogens (tertiary/aromatic N) is 1. The summed E-state index contributed by atoms with van der Waals surface area (Å²) >= 11 is 0. The molecule has 0 aliphatic heterocycles. The summed E-state index contributed by atoms with van der Waals surface area (Å²) in [7, 11) is 0. The molecule has 0 aliphatic rings. The fourth-order valence-electron chi connectivity index (χ4n) is 6.26. The van der Waals surface area contributed by atoms with E-state index < -0.39 is 0 Å². The Morgan fingerprint density at radius 1 is 0.308 bits per heavy atom. The van der Waals surface area contributed by atoms with Gasteiger partial charge in [0.15, 0.2) is 0 Å². The van der Waals surface area contributed by atoms with Gasteiger partial charge in [0.25, 0.3) is 0 Å². The Morgan fingerprint density at radius 2 is 0.769 bits per heavy atom. The molecule has 0 saturated carbocycles. The molecule has 0 fully saturated rings. The lowest BCUT2D eigenvalue weighted by atomic mass is 9.91. The molecule has 0 heterocycles. The quantitative estimate of drug-likeness (QED) is 0.220. The molecule has 8 aromatic carbocycles. The van der Waals surface area contributed by atoms with Crippen molar-refractivity contribution in [2.75, 3.05) is 4.90 Å². The van der Waals surface area contributed by atoms with Gasteiger partial charge in [-0.1, -0.05) is 121 Å². The van der Waals surface area contributed by atoms with Gasteiger partial charge in [-0.25, -0.2) is 0 Å². The second-order valence-corrected chi connectivity index (χ2v) is 10.2. The first-order valence-corrected chi connectivity index (χ1v) is 13.5. The molecule has 0 aliphatic carbocycles. The molecule has 0 atom stereocenters. The molecule has 0 unspecified atom stereocenters. The van der Waals surface area contributed by atoms with E-state index in [9.17, 15) is 0 Å². The zero-order valence-electron chi connectivity index (χ0n) is 21.4. The summed E-state index contributed by atoms with van der Waals surface area (Å²) < 4.78 is 0. The normalized spacial score (nSPS) is 11.6. The summed E-state index contributed by atoms with van der Waals surface area (Å²) in [5, 5.41) is 12.8. The minimum Gasteiger partial charge on any atom is -0.310 e. The largest absolute Gasteiger partial charge is 0.310 e. The average Bonchev–Trinajstić information content (AvgIpc) is 3.01. The number of hydrogen-bond acceptors (Lipinski definition) is 1. The summed E-state index contributed by atoms with van der Waals surface area (Å²) in [6.45, 7) is 0. The molecule has 0 amide bonds. The van der Waals surface area contributed by atoms with E-state index in [1.165, 1.54) is 59.5 Å². The van der Waals surface area contributed by atoms with Crippen LogP contribution in [0.5, 0.6) is 0 Å². The third kappa shape index (κ3) is 3.41. The molecule has 0 aromatic heterocycles. The van der Waals surface area contributed by atoms with Crippen LogP contribution in [0.3, 0.4) is 0 Å². The second-order valence-electron chi connectivity index (χ2n) is 10.2. The third-order valence-electron chi connectivity index (χ3n) is 7.99. The van der Waals surface area contributed by atoms with Crippen molar-refractivity contribution in [1.29, 1.82) is 0 Å². The zero-order valence-corrected chi connectivity index (χ0v) is 21.4. The molecular formula is C38H25N. The number of rotatable bonds is 3. The fourth-order valence-corrected chi connectivity index (χ4v) is 6.26. The number of fused-ring (bicyclic) bond motifs is 9. The number of anilines is 3. The molecule has 182 valence electrons. The van der Waals surface area contributed by atoms with Gasteiger partial charge in [-0.05, 0) is 78.8 Å². The lowest BCUT2D eigenvalue weighted by molar-refractivity contribution is 1.30. The van der Waals surface area contributed by atoms with Crippen molar-refractivity contribution in [3.8, 4) is 0 Å². The van der Waals surface area contributed by atoms with Crippen LogP contribution in [0.4, 0.5) is 17.1 Å². The van der Waals surface area contributed by atoms with Crippen LogP contribution in [0.2, 0.25) is 0 Å².